The van der Waals surface area contributed by atoms with E-state index in [1.165, 1.54) is 43.4 Å². The van der Waals surface area contributed by atoms with Gasteiger partial charge in [0, 0.05) is 32.4 Å². The van der Waals surface area contributed by atoms with Crippen LogP contribution in [0, 0.1) is 11.8 Å². The lowest BCUT2D eigenvalue weighted by atomic mass is 9.89. The highest BCUT2D eigenvalue weighted by Crippen LogP contribution is 2.28. The molecule has 2 nitrogen and oxygen atoms in total. The molecule has 1 aliphatic carbocycles. The number of rotatable bonds is 5. The maximum Gasteiger partial charge on any atom is 0.0361 e. The Kier molecular flexibility index (Phi) is 6.10. The summed E-state index contributed by atoms with van der Waals surface area (Å²) in [6.07, 6.45) is 6.90. The van der Waals surface area contributed by atoms with Gasteiger partial charge in [-0.3, -0.25) is 0 Å². The summed E-state index contributed by atoms with van der Waals surface area (Å²) in [5.74, 6) is 1.79. The van der Waals surface area contributed by atoms with Gasteiger partial charge in [-0.25, -0.2) is 0 Å². The first-order valence-corrected chi connectivity index (χ1v) is 8.56. The SMILES string of the molecule is CC(C)C1CCCC(NCc2ccc(N(C)C)cc2)CC1. The topological polar surface area (TPSA) is 15.3 Å². The van der Waals surface area contributed by atoms with Crippen molar-refractivity contribution in [3.05, 3.63) is 29.8 Å². The minimum Gasteiger partial charge on any atom is -0.378 e. The highest BCUT2D eigenvalue weighted by molar-refractivity contribution is 5.45. The molecule has 1 saturated carbocycles. The summed E-state index contributed by atoms with van der Waals surface area (Å²) >= 11 is 0. The van der Waals surface area contributed by atoms with E-state index in [1.807, 2.05) is 0 Å². The lowest BCUT2D eigenvalue weighted by Crippen LogP contribution is -2.28. The van der Waals surface area contributed by atoms with Gasteiger partial charge in [-0.2, -0.15) is 0 Å². The van der Waals surface area contributed by atoms with Crippen LogP contribution in [-0.2, 0) is 6.54 Å². The Labute approximate surface area is 130 Å². The van der Waals surface area contributed by atoms with Gasteiger partial charge in [0.1, 0.15) is 0 Å². The monoisotopic (exact) mass is 288 g/mol. The van der Waals surface area contributed by atoms with Gasteiger partial charge in [-0.15, -0.1) is 0 Å². The normalized spacial score (nSPS) is 23.1. The van der Waals surface area contributed by atoms with Crippen molar-refractivity contribution in [3.63, 3.8) is 0 Å². The Morgan fingerprint density at radius 3 is 2.38 bits per heavy atom. The Morgan fingerprint density at radius 2 is 1.76 bits per heavy atom. The summed E-state index contributed by atoms with van der Waals surface area (Å²) in [5.41, 5.74) is 2.67. The molecule has 1 N–H and O–H groups in total. The Bertz CT molecular complexity index is 408. The molecule has 0 amide bonds. The lowest BCUT2D eigenvalue weighted by Gasteiger charge is -2.19. The van der Waals surface area contributed by atoms with Gasteiger partial charge in [0.25, 0.3) is 0 Å². The Hall–Kier alpha value is -1.02. The van der Waals surface area contributed by atoms with Crippen LogP contribution in [0.15, 0.2) is 24.3 Å². The minimum absolute atomic E-state index is 0.710. The number of nitrogens with one attached hydrogen (secondary N) is 1. The molecule has 0 aromatic heterocycles. The molecule has 2 rings (SSSR count). The highest BCUT2D eigenvalue weighted by atomic mass is 15.1. The van der Waals surface area contributed by atoms with E-state index in [0.717, 1.165) is 18.4 Å². The van der Waals surface area contributed by atoms with Crippen LogP contribution >= 0.6 is 0 Å². The third-order valence-electron chi connectivity index (χ3n) is 5.00. The molecule has 118 valence electrons. The fourth-order valence-electron chi connectivity index (χ4n) is 3.38. The molecule has 0 radical (unpaired) electrons. The number of hydrogen-bond acceptors (Lipinski definition) is 2. The van der Waals surface area contributed by atoms with Crippen molar-refractivity contribution < 1.29 is 0 Å². The fourth-order valence-corrected chi connectivity index (χ4v) is 3.38. The van der Waals surface area contributed by atoms with E-state index in [1.54, 1.807) is 0 Å². The van der Waals surface area contributed by atoms with Gasteiger partial charge in [0.2, 0.25) is 0 Å². The molecule has 0 bridgehead atoms. The van der Waals surface area contributed by atoms with Crippen LogP contribution in [0.4, 0.5) is 5.69 Å². The molecule has 1 fully saturated rings. The van der Waals surface area contributed by atoms with Crippen molar-refractivity contribution in [2.24, 2.45) is 11.8 Å². The van der Waals surface area contributed by atoms with Crippen LogP contribution in [0.25, 0.3) is 0 Å². The quantitative estimate of drug-likeness (QED) is 0.805. The third kappa shape index (κ3) is 5.03. The third-order valence-corrected chi connectivity index (χ3v) is 5.00. The number of hydrogen-bond donors (Lipinski definition) is 1. The second kappa shape index (κ2) is 7.84. The van der Waals surface area contributed by atoms with Crippen molar-refractivity contribution >= 4 is 5.69 Å². The fraction of sp³-hybridized carbons (Fsp3) is 0.684. The van der Waals surface area contributed by atoms with E-state index < -0.39 is 0 Å². The van der Waals surface area contributed by atoms with Crippen LogP contribution < -0.4 is 10.2 Å². The Balaban J connectivity index is 1.80. The predicted octanol–water partition coefficient (Wildman–Crippen LogP) is 4.45. The van der Waals surface area contributed by atoms with Crippen molar-refractivity contribution in [1.82, 2.24) is 5.32 Å². The first-order valence-electron chi connectivity index (χ1n) is 8.56. The molecule has 0 heterocycles. The van der Waals surface area contributed by atoms with E-state index in [4.69, 9.17) is 0 Å². The number of anilines is 1. The molecule has 0 saturated heterocycles. The van der Waals surface area contributed by atoms with E-state index in [-0.39, 0.29) is 0 Å². The smallest absolute Gasteiger partial charge is 0.0361 e. The summed E-state index contributed by atoms with van der Waals surface area (Å²) in [7, 11) is 4.17. The second-order valence-electron chi connectivity index (χ2n) is 7.15. The summed E-state index contributed by atoms with van der Waals surface area (Å²) in [6, 6.07) is 9.62. The number of benzene rings is 1. The molecule has 0 spiro atoms. The summed E-state index contributed by atoms with van der Waals surface area (Å²) in [6.45, 7) is 5.76. The zero-order valence-electron chi connectivity index (χ0n) is 14.2. The Morgan fingerprint density at radius 1 is 1.05 bits per heavy atom. The van der Waals surface area contributed by atoms with Crippen molar-refractivity contribution in [1.29, 1.82) is 0 Å². The van der Waals surface area contributed by atoms with Crippen LogP contribution in [0.2, 0.25) is 0 Å². The average Bonchev–Trinajstić information content (AvgIpc) is 2.71. The predicted molar refractivity (Wildman–Crippen MR) is 92.8 cm³/mol. The molecule has 2 unspecified atom stereocenters. The van der Waals surface area contributed by atoms with Gasteiger partial charge >= 0.3 is 0 Å². The zero-order valence-corrected chi connectivity index (χ0v) is 14.2. The summed E-state index contributed by atoms with van der Waals surface area (Å²) in [4.78, 5) is 2.15. The van der Waals surface area contributed by atoms with Gasteiger partial charge in [-0.1, -0.05) is 38.8 Å². The largest absolute Gasteiger partial charge is 0.378 e. The first kappa shape index (κ1) is 16.4. The first-order chi connectivity index (χ1) is 10.1. The molecular formula is C19H32N2. The maximum atomic E-state index is 3.77. The van der Waals surface area contributed by atoms with E-state index in [9.17, 15) is 0 Å². The molecule has 0 aliphatic heterocycles. The van der Waals surface area contributed by atoms with E-state index in [2.05, 4.69) is 62.4 Å². The van der Waals surface area contributed by atoms with Crippen molar-refractivity contribution in [3.8, 4) is 0 Å². The maximum absolute atomic E-state index is 3.77. The average molecular weight is 288 g/mol. The molecule has 1 aromatic rings. The molecule has 1 aromatic carbocycles. The van der Waals surface area contributed by atoms with Crippen LogP contribution in [0.5, 0.6) is 0 Å². The van der Waals surface area contributed by atoms with Crippen molar-refractivity contribution in [2.75, 3.05) is 19.0 Å². The molecular weight excluding hydrogens is 256 g/mol. The molecule has 21 heavy (non-hydrogen) atoms. The van der Waals surface area contributed by atoms with Gasteiger partial charge in [0.05, 0.1) is 0 Å². The summed E-state index contributed by atoms with van der Waals surface area (Å²) in [5, 5.41) is 3.77. The van der Waals surface area contributed by atoms with Crippen molar-refractivity contribution in [2.45, 2.75) is 58.5 Å². The van der Waals surface area contributed by atoms with E-state index in [0.29, 0.717) is 6.04 Å². The molecule has 1 aliphatic rings. The second-order valence-corrected chi connectivity index (χ2v) is 7.15. The standard InChI is InChI=1S/C19H32N2/c1-15(2)17-6-5-7-18(11-10-17)20-14-16-8-12-19(13-9-16)21(3)4/h8-9,12-13,15,17-18,20H,5-7,10-11,14H2,1-4H3. The summed E-state index contributed by atoms with van der Waals surface area (Å²) < 4.78 is 0. The van der Waals surface area contributed by atoms with Gasteiger partial charge in [-0.05, 0) is 48.8 Å². The van der Waals surface area contributed by atoms with Gasteiger partial charge < -0.3 is 10.2 Å². The van der Waals surface area contributed by atoms with Crippen LogP contribution in [0.3, 0.4) is 0 Å². The van der Waals surface area contributed by atoms with Gasteiger partial charge in [0.15, 0.2) is 0 Å². The van der Waals surface area contributed by atoms with Crippen LogP contribution in [-0.4, -0.2) is 20.1 Å². The number of nitrogens with zero attached hydrogens (tertiary/aromatic N) is 1. The molecule has 2 heteroatoms. The minimum atomic E-state index is 0.710. The zero-order chi connectivity index (χ0) is 15.2. The van der Waals surface area contributed by atoms with E-state index >= 15 is 0 Å². The molecule has 2 atom stereocenters. The van der Waals surface area contributed by atoms with Crippen LogP contribution in [0.1, 0.15) is 51.5 Å². The highest BCUT2D eigenvalue weighted by Gasteiger charge is 2.20. The lowest BCUT2D eigenvalue weighted by molar-refractivity contribution is 0.337.